The molecule has 2 aromatic rings. The average molecular weight is 531 g/mol. The van der Waals surface area contributed by atoms with Crippen molar-refractivity contribution in [2.45, 2.75) is 43.4 Å². The van der Waals surface area contributed by atoms with E-state index in [4.69, 9.17) is 15.9 Å². The standard InChI is InChI=1S/C25H30N4O9/c26-17(10-15-6-8-16(31)9-7-15)22(34)27-18(11-14-4-2-1-3-5-14)23(35)28-19(12-21(32)33)24(36)29-20(13-30)25(37)38/h1-9,17-20,30-31H,10-13,26H2,(H,27,34)(H,28,35)(H,29,36)(H,32,33)(H,37,38). The largest absolute Gasteiger partial charge is 0.508 e. The number of carboxylic acids is 2. The van der Waals surface area contributed by atoms with E-state index >= 15 is 0 Å². The summed E-state index contributed by atoms with van der Waals surface area (Å²) in [5, 5.41) is 43.5. The number of hydrogen-bond acceptors (Lipinski definition) is 8. The summed E-state index contributed by atoms with van der Waals surface area (Å²) in [5.41, 5.74) is 7.32. The molecule has 13 nitrogen and oxygen atoms in total. The molecule has 0 aromatic heterocycles. The molecule has 0 aliphatic rings. The lowest BCUT2D eigenvalue weighted by atomic mass is 10.0. The van der Waals surface area contributed by atoms with Gasteiger partial charge in [-0.15, -0.1) is 0 Å². The molecule has 0 radical (unpaired) electrons. The van der Waals surface area contributed by atoms with Gasteiger partial charge in [0.05, 0.1) is 19.1 Å². The lowest BCUT2D eigenvalue weighted by Gasteiger charge is -2.24. The van der Waals surface area contributed by atoms with Gasteiger partial charge in [-0.05, 0) is 29.7 Å². The zero-order valence-corrected chi connectivity index (χ0v) is 20.2. The molecule has 0 spiro atoms. The maximum atomic E-state index is 13.2. The van der Waals surface area contributed by atoms with Crippen molar-refractivity contribution in [1.82, 2.24) is 16.0 Å². The lowest BCUT2D eigenvalue weighted by Crippen LogP contribution is -2.58. The average Bonchev–Trinajstić information content (AvgIpc) is 2.87. The number of benzene rings is 2. The molecule has 0 saturated heterocycles. The Morgan fingerprint density at radius 1 is 0.711 bits per heavy atom. The van der Waals surface area contributed by atoms with Crippen molar-refractivity contribution < 1.29 is 44.4 Å². The molecule has 0 bridgehead atoms. The second kappa shape index (κ2) is 14.3. The Bertz CT molecular complexity index is 1130. The van der Waals surface area contributed by atoms with Gasteiger partial charge in [-0.25, -0.2) is 4.79 Å². The molecule has 0 saturated carbocycles. The number of carbonyl (C=O) groups excluding carboxylic acids is 3. The minimum absolute atomic E-state index is 0.0276. The molecule has 38 heavy (non-hydrogen) atoms. The molecule has 13 heteroatoms. The SMILES string of the molecule is NC(Cc1ccc(O)cc1)C(=O)NC(Cc1ccccc1)C(=O)NC(CC(=O)O)C(=O)NC(CO)C(=O)O. The Labute approximate surface area is 217 Å². The molecule has 204 valence electrons. The van der Waals surface area contributed by atoms with Crippen LogP contribution in [0.25, 0.3) is 0 Å². The van der Waals surface area contributed by atoms with E-state index in [1.807, 2.05) is 5.32 Å². The molecule has 9 N–H and O–H groups in total. The topological polar surface area (TPSA) is 228 Å². The number of phenols is 1. The van der Waals surface area contributed by atoms with Gasteiger partial charge in [0, 0.05) is 6.42 Å². The van der Waals surface area contributed by atoms with Crippen molar-refractivity contribution >= 4 is 29.7 Å². The molecule has 4 unspecified atom stereocenters. The number of rotatable bonds is 14. The van der Waals surface area contributed by atoms with Crippen LogP contribution >= 0.6 is 0 Å². The second-order valence-corrected chi connectivity index (χ2v) is 8.47. The molecule has 0 heterocycles. The van der Waals surface area contributed by atoms with E-state index in [0.717, 1.165) is 0 Å². The summed E-state index contributed by atoms with van der Waals surface area (Å²) in [5.74, 6) is -5.72. The van der Waals surface area contributed by atoms with E-state index in [9.17, 15) is 34.2 Å². The molecule has 0 aliphatic heterocycles. The molecule has 2 rings (SSSR count). The van der Waals surface area contributed by atoms with E-state index < -0.39 is 66.9 Å². The summed E-state index contributed by atoms with van der Waals surface area (Å²) in [4.78, 5) is 61.0. The van der Waals surface area contributed by atoms with Crippen LogP contribution < -0.4 is 21.7 Å². The predicted octanol–water partition coefficient (Wildman–Crippen LogP) is -1.49. The summed E-state index contributed by atoms with van der Waals surface area (Å²) in [6.45, 7) is -0.958. The fraction of sp³-hybridized carbons (Fsp3) is 0.320. The van der Waals surface area contributed by atoms with Crippen LogP contribution in [-0.4, -0.2) is 80.9 Å². The van der Waals surface area contributed by atoms with E-state index in [2.05, 4.69) is 10.6 Å². The van der Waals surface area contributed by atoms with Crippen LogP contribution in [0, 0.1) is 0 Å². The number of aromatic hydroxyl groups is 1. The van der Waals surface area contributed by atoms with Crippen LogP contribution in [0.1, 0.15) is 17.5 Å². The van der Waals surface area contributed by atoms with Crippen LogP contribution in [0.2, 0.25) is 0 Å². The summed E-state index contributed by atoms with van der Waals surface area (Å²) in [6.07, 6.45) is -0.824. The predicted molar refractivity (Wildman–Crippen MR) is 133 cm³/mol. The number of amides is 3. The number of nitrogens with one attached hydrogen (secondary N) is 3. The Balaban J connectivity index is 2.20. The summed E-state index contributed by atoms with van der Waals surface area (Å²) in [7, 11) is 0. The van der Waals surface area contributed by atoms with Crippen molar-refractivity contribution in [2.24, 2.45) is 5.73 Å². The minimum Gasteiger partial charge on any atom is -0.508 e. The summed E-state index contributed by atoms with van der Waals surface area (Å²) >= 11 is 0. The monoisotopic (exact) mass is 530 g/mol. The zero-order chi connectivity index (χ0) is 28.2. The minimum atomic E-state index is -1.71. The number of phenolic OH excluding ortho intramolecular Hbond substituents is 1. The fourth-order valence-electron chi connectivity index (χ4n) is 3.43. The van der Waals surface area contributed by atoms with Crippen LogP contribution in [-0.2, 0) is 36.8 Å². The van der Waals surface area contributed by atoms with Gasteiger partial charge in [-0.2, -0.15) is 0 Å². The third-order valence-corrected chi connectivity index (χ3v) is 5.45. The molecule has 0 aliphatic carbocycles. The van der Waals surface area contributed by atoms with Gasteiger partial charge in [0.2, 0.25) is 17.7 Å². The number of aliphatic carboxylic acids is 2. The molecule has 3 amide bonds. The summed E-state index contributed by atoms with van der Waals surface area (Å²) in [6, 6.07) is 8.85. The van der Waals surface area contributed by atoms with Crippen molar-refractivity contribution in [2.75, 3.05) is 6.61 Å². The normalized spacial score (nSPS) is 13.8. The highest BCUT2D eigenvalue weighted by Gasteiger charge is 2.31. The first-order valence-electron chi connectivity index (χ1n) is 11.5. The number of carbonyl (C=O) groups is 5. The molecular formula is C25H30N4O9. The van der Waals surface area contributed by atoms with Gasteiger partial charge >= 0.3 is 11.9 Å². The highest BCUT2D eigenvalue weighted by Crippen LogP contribution is 2.11. The molecular weight excluding hydrogens is 500 g/mol. The Hall–Kier alpha value is -4.49. The van der Waals surface area contributed by atoms with Crippen LogP contribution in [0.4, 0.5) is 0 Å². The fourth-order valence-corrected chi connectivity index (χ4v) is 3.43. The van der Waals surface area contributed by atoms with E-state index in [-0.39, 0.29) is 18.6 Å². The highest BCUT2D eigenvalue weighted by atomic mass is 16.4. The molecule has 2 aromatic carbocycles. The van der Waals surface area contributed by atoms with Gasteiger partial charge in [0.15, 0.2) is 0 Å². The number of aliphatic hydroxyl groups excluding tert-OH is 1. The maximum absolute atomic E-state index is 13.2. The number of aliphatic hydroxyl groups is 1. The first-order valence-corrected chi connectivity index (χ1v) is 11.5. The highest BCUT2D eigenvalue weighted by molar-refractivity contribution is 5.95. The van der Waals surface area contributed by atoms with Crippen LogP contribution in [0.5, 0.6) is 5.75 Å². The second-order valence-electron chi connectivity index (χ2n) is 8.47. The van der Waals surface area contributed by atoms with Gasteiger partial charge in [0.25, 0.3) is 0 Å². The zero-order valence-electron chi connectivity index (χ0n) is 20.2. The molecule has 0 fully saturated rings. The van der Waals surface area contributed by atoms with Crippen molar-refractivity contribution in [3.8, 4) is 5.75 Å². The Morgan fingerprint density at radius 2 is 1.24 bits per heavy atom. The Morgan fingerprint density at radius 3 is 1.79 bits per heavy atom. The number of hydrogen-bond donors (Lipinski definition) is 8. The van der Waals surface area contributed by atoms with E-state index in [1.165, 1.54) is 12.1 Å². The van der Waals surface area contributed by atoms with Gasteiger partial charge < -0.3 is 42.1 Å². The Kier molecular flexibility index (Phi) is 11.2. The van der Waals surface area contributed by atoms with Crippen LogP contribution in [0.3, 0.4) is 0 Å². The first kappa shape index (κ1) is 29.7. The third kappa shape index (κ3) is 9.52. The van der Waals surface area contributed by atoms with Crippen LogP contribution in [0.15, 0.2) is 54.6 Å². The third-order valence-electron chi connectivity index (χ3n) is 5.45. The van der Waals surface area contributed by atoms with E-state index in [0.29, 0.717) is 11.1 Å². The molecule has 4 atom stereocenters. The summed E-state index contributed by atoms with van der Waals surface area (Å²) < 4.78 is 0. The van der Waals surface area contributed by atoms with Crippen molar-refractivity contribution in [1.29, 1.82) is 0 Å². The van der Waals surface area contributed by atoms with Crippen molar-refractivity contribution in [3.05, 3.63) is 65.7 Å². The van der Waals surface area contributed by atoms with Gasteiger partial charge in [-0.1, -0.05) is 42.5 Å². The number of carboxylic acid groups (broad SMARTS) is 2. The first-order chi connectivity index (χ1) is 18.0. The maximum Gasteiger partial charge on any atom is 0.328 e. The quantitative estimate of drug-likeness (QED) is 0.141. The lowest BCUT2D eigenvalue weighted by molar-refractivity contribution is -0.144. The smallest absolute Gasteiger partial charge is 0.328 e. The van der Waals surface area contributed by atoms with Crippen molar-refractivity contribution in [3.63, 3.8) is 0 Å². The van der Waals surface area contributed by atoms with Gasteiger partial charge in [0.1, 0.15) is 23.9 Å². The van der Waals surface area contributed by atoms with Gasteiger partial charge in [-0.3, -0.25) is 19.2 Å². The van der Waals surface area contributed by atoms with E-state index in [1.54, 1.807) is 42.5 Å². The number of nitrogens with two attached hydrogens (primary N) is 1.